The van der Waals surface area contributed by atoms with Gasteiger partial charge in [-0.2, -0.15) is 0 Å². The molecule has 1 aliphatic heterocycles. The first kappa shape index (κ1) is 14.9. The predicted octanol–water partition coefficient (Wildman–Crippen LogP) is -0.245. The molecule has 8 heteroatoms. The molecule has 8 nitrogen and oxygen atoms in total. The molecule has 2 amide bonds. The minimum absolute atomic E-state index is 0.0743. The molecule has 1 heterocycles. The number of non-ortho nitro benzene ring substituents is 1. The maximum Gasteiger partial charge on any atom is 0.269 e. The molecule has 21 heavy (non-hydrogen) atoms. The first-order valence-electron chi connectivity index (χ1n) is 6.52. The number of rotatable bonds is 3. The summed E-state index contributed by atoms with van der Waals surface area (Å²) in [5, 5.41) is 16.2. The summed E-state index contributed by atoms with van der Waals surface area (Å²) in [5.74, 6) is -0.544. The first-order valence-corrected chi connectivity index (χ1v) is 6.52. The van der Waals surface area contributed by atoms with E-state index in [1.54, 1.807) is 0 Å². The fraction of sp³-hybridized carbons (Fsp3) is 0.385. The maximum atomic E-state index is 12.5. The normalized spacial score (nSPS) is 18.1. The van der Waals surface area contributed by atoms with Crippen LogP contribution in [0, 0.1) is 10.1 Å². The Hall–Kier alpha value is -2.48. The Bertz CT molecular complexity index is 558. The van der Waals surface area contributed by atoms with Crippen LogP contribution in [-0.2, 0) is 4.79 Å². The Labute approximate surface area is 121 Å². The molecule has 1 atom stereocenters. The summed E-state index contributed by atoms with van der Waals surface area (Å²) in [6, 6.07) is 4.80. The van der Waals surface area contributed by atoms with Crippen LogP contribution in [0.5, 0.6) is 0 Å². The van der Waals surface area contributed by atoms with Crippen molar-refractivity contribution >= 4 is 17.5 Å². The van der Waals surface area contributed by atoms with Crippen molar-refractivity contribution in [3.05, 3.63) is 39.9 Å². The van der Waals surface area contributed by atoms with E-state index in [2.05, 4.69) is 10.6 Å². The van der Waals surface area contributed by atoms with Gasteiger partial charge >= 0.3 is 0 Å². The molecule has 1 aliphatic rings. The molecule has 1 aromatic carbocycles. The van der Waals surface area contributed by atoms with Crippen molar-refractivity contribution in [1.82, 2.24) is 15.5 Å². The molecular formula is C13H16N4O4. The van der Waals surface area contributed by atoms with Crippen molar-refractivity contribution in [3.63, 3.8) is 0 Å². The SMILES string of the molecule is CNC(=O)C1CNCCN1C(=O)c1ccc([N+](=O)[O-])cc1. The second kappa shape index (κ2) is 6.31. The van der Waals surface area contributed by atoms with Crippen LogP contribution < -0.4 is 10.6 Å². The number of likely N-dealkylation sites (N-methyl/N-ethyl adjacent to an activating group) is 1. The molecule has 112 valence electrons. The molecule has 0 aromatic heterocycles. The van der Waals surface area contributed by atoms with Crippen LogP contribution >= 0.6 is 0 Å². The Morgan fingerprint density at radius 2 is 2.05 bits per heavy atom. The van der Waals surface area contributed by atoms with Crippen molar-refractivity contribution in [1.29, 1.82) is 0 Å². The highest BCUT2D eigenvalue weighted by Gasteiger charge is 2.32. The Balaban J connectivity index is 2.20. The Morgan fingerprint density at radius 1 is 1.38 bits per heavy atom. The van der Waals surface area contributed by atoms with Gasteiger partial charge in [0.25, 0.3) is 11.6 Å². The van der Waals surface area contributed by atoms with Gasteiger partial charge in [0.15, 0.2) is 0 Å². The standard InChI is InChI=1S/C13H16N4O4/c1-14-12(18)11-8-15-6-7-16(11)13(19)9-2-4-10(5-3-9)17(20)21/h2-5,11,15H,6-8H2,1H3,(H,14,18). The smallest absolute Gasteiger partial charge is 0.269 e. The largest absolute Gasteiger partial charge is 0.357 e. The van der Waals surface area contributed by atoms with Gasteiger partial charge in [-0.3, -0.25) is 19.7 Å². The highest BCUT2D eigenvalue weighted by atomic mass is 16.6. The summed E-state index contributed by atoms with van der Waals surface area (Å²) < 4.78 is 0. The number of nitro benzene ring substituents is 1. The first-order chi connectivity index (χ1) is 10.0. The lowest BCUT2D eigenvalue weighted by Gasteiger charge is -2.34. The lowest BCUT2D eigenvalue weighted by molar-refractivity contribution is -0.384. The number of nitrogens with one attached hydrogen (secondary N) is 2. The zero-order chi connectivity index (χ0) is 15.4. The molecule has 0 aliphatic carbocycles. The van der Waals surface area contributed by atoms with Gasteiger partial charge < -0.3 is 15.5 Å². The summed E-state index contributed by atoms with van der Waals surface area (Å²) in [5.41, 5.74) is 0.256. The minimum Gasteiger partial charge on any atom is -0.357 e. The number of benzene rings is 1. The third kappa shape index (κ3) is 3.16. The molecule has 1 aromatic rings. The van der Waals surface area contributed by atoms with Crippen LogP contribution in [0.2, 0.25) is 0 Å². The van der Waals surface area contributed by atoms with Gasteiger partial charge in [0.1, 0.15) is 6.04 Å². The van der Waals surface area contributed by atoms with E-state index in [1.807, 2.05) is 0 Å². The molecule has 2 rings (SSSR count). The second-order valence-electron chi connectivity index (χ2n) is 4.64. The van der Waals surface area contributed by atoms with Gasteiger partial charge in [0.2, 0.25) is 5.91 Å². The lowest BCUT2D eigenvalue weighted by atomic mass is 10.1. The second-order valence-corrected chi connectivity index (χ2v) is 4.64. The number of carbonyl (C=O) groups excluding carboxylic acids is 2. The third-order valence-corrected chi connectivity index (χ3v) is 3.38. The third-order valence-electron chi connectivity index (χ3n) is 3.38. The van der Waals surface area contributed by atoms with E-state index >= 15 is 0 Å². The monoisotopic (exact) mass is 292 g/mol. The predicted molar refractivity (Wildman–Crippen MR) is 74.9 cm³/mol. The van der Waals surface area contributed by atoms with Gasteiger partial charge in [-0.1, -0.05) is 0 Å². The summed E-state index contributed by atoms with van der Waals surface area (Å²) >= 11 is 0. The van der Waals surface area contributed by atoms with Crippen LogP contribution in [0.25, 0.3) is 0 Å². The molecule has 0 spiro atoms. The zero-order valence-corrected chi connectivity index (χ0v) is 11.5. The topological polar surface area (TPSA) is 105 Å². The van der Waals surface area contributed by atoms with Crippen LogP contribution in [0.15, 0.2) is 24.3 Å². The van der Waals surface area contributed by atoms with Crippen molar-refractivity contribution in [2.24, 2.45) is 0 Å². The van der Waals surface area contributed by atoms with Gasteiger partial charge in [-0.05, 0) is 12.1 Å². The summed E-state index contributed by atoms with van der Waals surface area (Å²) in [4.78, 5) is 35.9. The number of carbonyl (C=O) groups is 2. The average Bonchev–Trinajstić information content (AvgIpc) is 2.53. The van der Waals surface area contributed by atoms with E-state index in [9.17, 15) is 19.7 Å². The van der Waals surface area contributed by atoms with E-state index in [1.165, 1.54) is 36.2 Å². The van der Waals surface area contributed by atoms with Crippen LogP contribution in [0.4, 0.5) is 5.69 Å². The summed E-state index contributed by atoms with van der Waals surface area (Å²) in [6.45, 7) is 1.40. The quantitative estimate of drug-likeness (QED) is 0.590. The average molecular weight is 292 g/mol. The number of hydrogen-bond acceptors (Lipinski definition) is 5. The summed E-state index contributed by atoms with van der Waals surface area (Å²) in [6.07, 6.45) is 0. The molecule has 0 saturated carbocycles. The fourth-order valence-corrected chi connectivity index (χ4v) is 2.24. The van der Waals surface area contributed by atoms with E-state index in [-0.39, 0.29) is 17.5 Å². The van der Waals surface area contributed by atoms with E-state index < -0.39 is 11.0 Å². The number of nitro groups is 1. The fourth-order valence-electron chi connectivity index (χ4n) is 2.24. The van der Waals surface area contributed by atoms with Crippen molar-refractivity contribution in [2.75, 3.05) is 26.7 Å². The Kier molecular flexibility index (Phi) is 4.49. The van der Waals surface area contributed by atoms with Crippen LogP contribution in [-0.4, -0.2) is 54.4 Å². The van der Waals surface area contributed by atoms with Gasteiger partial charge in [-0.25, -0.2) is 0 Å². The van der Waals surface area contributed by atoms with E-state index in [0.29, 0.717) is 25.2 Å². The molecule has 1 saturated heterocycles. The number of amides is 2. The highest BCUT2D eigenvalue weighted by Crippen LogP contribution is 2.15. The highest BCUT2D eigenvalue weighted by molar-refractivity contribution is 5.98. The summed E-state index contributed by atoms with van der Waals surface area (Å²) in [7, 11) is 1.52. The minimum atomic E-state index is -0.577. The molecule has 1 unspecified atom stereocenters. The number of hydrogen-bond donors (Lipinski definition) is 2. The number of piperazine rings is 1. The van der Waals surface area contributed by atoms with Crippen molar-refractivity contribution in [3.8, 4) is 0 Å². The van der Waals surface area contributed by atoms with Crippen LogP contribution in [0.1, 0.15) is 10.4 Å². The van der Waals surface area contributed by atoms with Crippen molar-refractivity contribution in [2.45, 2.75) is 6.04 Å². The van der Waals surface area contributed by atoms with E-state index in [0.717, 1.165) is 0 Å². The van der Waals surface area contributed by atoms with Crippen LogP contribution in [0.3, 0.4) is 0 Å². The Morgan fingerprint density at radius 3 is 2.62 bits per heavy atom. The number of nitrogens with zero attached hydrogens (tertiary/aromatic N) is 2. The van der Waals surface area contributed by atoms with Gasteiger partial charge in [0.05, 0.1) is 4.92 Å². The van der Waals surface area contributed by atoms with Gasteiger partial charge in [-0.15, -0.1) is 0 Å². The van der Waals surface area contributed by atoms with Gasteiger partial charge in [0, 0.05) is 44.4 Å². The molecular weight excluding hydrogens is 276 g/mol. The molecule has 0 radical (unpaired) electrons. The zero-order valence-electron chi connectivity index (χ0n) is 11.5. The maximum absolute atomic E-state index is 12.5. The van der Waals surface area contributed by atoms with E-state index in [4.69, 9.17) is 0 Å². The molecule has 1 fully saturated rings. The lowest BCUT2D eigenvalue weighted by Crippen LogP contribution is -2.59. The van der Waals surface area contributed by atoms with Crippen molar-refractivity contribution < 1.29 is 14.5 Å². The molecule has 0 bridgehead atoms. The molecule has 2 N–H and O–H groups in total.